The second-order valence-corrected chi connectivity index (χ2v) is 10.1. The smallest absolute Gasteiger partial charge is 0.340 e. The number of carbonyl (C=O) groups excluding carboxylic acids is 2. The van der Waals surface area contributed by atoms with Crippen molar-refractivity contribution in [2.45, 2.75) is 38.6 Å². The number of furan rings is 1. The molecule has 0 spiro atoms. The summed E-state index contributed by atoms with van der Waals surface area (Å²) in [6.45, 7) is 1.98. The molecule has 214 valence electrons. The number of rotatable bonds is 11. The van der Waals surface area contributed by atoms with Gasteiger partial charge in [0.15, 0.2) is 0 Å². The molecule has 42 heavy (non-hydrogen) atoms. The lowest BCUT2D eigenvalue weighted by Crippen LogP contribution is -2.42. The second kappa shape index (κ2) is 12.6. The van der Waals surface area contributed by atoms with Crippen LogP contribution in [0.15, 0.2) is 92.7 Å². The highest BCUT2D eigenvalue weighted by atomic mass is 16.4. The summed E-state index contributed by atoms with van der Waals surface area (Å²) < 4.78 is 11.3. The molecule has 0 bridgehead atoms. The lowest BCUT2D eigenvalue weighted by Gasteiger charge is -2.15. The molecule has 0 aliphatic heterocycles. The van der Waals surface area contributed by atoms with Gasteiger partial charge in [0.1, 0.15) is 17.2 Å². The van der Waals surface area contributed by atoms with E-state index < -0.39 is 23.5 Å². The van der Waals surface area contributed by atoms with Gasteiger partial charge in [-0.3, -0.25) is 9.59 Å². The third-order valence-electron chi connectivity index (χ3n) is 7.22. The SMILES string of the molecule is Cc1c(CC(=O)NCCCC(=O)NC(Cc2ccccc2)C(=O)O)c(=O)oc2cc3occ(-c4ccccc4)c3cc12. The molecular formula is C33H30N2O7. The van der Waals surface area contributed by atoms with Crippen molar-refractivity contribution in [3.05, 3.63) is 106 Å². The highest BCUT2D eigenvalue weighted by Crippen LogP contribution is 2.34. The molecule has 5 aromatic rings. The monoisotopic (exact) mass is 566 g/mol. The fraction of sp³-hybridized carbons (Fsp3) is 0.212. The van der Waals surface area contributed by atoms with E-state index in [1.807, 2.05) is 54.6 Å². The Morgan fingerprint density at radius 1 is 0.905 bits per heavy atom. The Labute approximate surface area is 241 Å². The summed E-state index contributed by atoms with van der Waals surface area (Å²) >= 11 is 0. The number of aryl methyl sites for hydroxylation is 1. The van der Waals surface area contributed by atoms with Crippen LogP contribution in [-0.2, 0) is 27.2 Å². The lowest BCUT2D eigenvalue weighted by atomic mass is 9.99. The van der Waals surface area contributed by atoms with Gasteiger partial charge in [-0.15, -0.1) is 0 Å². The zero-order valence-electron chi connectivity index (χ0n) is 23.0. The summed E-state index contributed by atoms with van der Waals surface area (Å²) in [7, 11) is 0. The summed E-state index contributed by atoms with van der Waals surface area (Å²) in [6, 6.07) is 21.4. The van der Waals surface area contributed by atoms with Crippen LogP contribution in [-0.4, -0.2) is 35.5 Å². The fourth-order valence-corrected chi connectivity index (χ4v) is 4.97. The third kappa shape index (κ3) is 6.41. The number of nitrogens with one attached hydrogen (secondary N) is 2. The summed E-state index contributed by atoms with van der Waals surface area (Å²) in [6.07, 6.45) is 2.02. The van der Waals surface area contributed by atoms with E-state index in [1.165, 1.54) is 0 Å². The van der Waals surface area contributed by atoms with Crippen LogP contribution >= 0.6 is 0 Å². The molecule has 1 unspecified atom stereocenters. The number of amides is 2. The molecule has 0 aliphatic rings. The van der Waals surface area contributed by atoms with Crippen molar-refractivity contribution in [3.8, 4) is 11.1 Å². The molecule has 9 heteroatoms. The molecule has 0 radical (unpaired) electrons. The predicted molar refractivity (Wildman–Crippen MR) is 158 cm³/mol. The summed E-state index contributed by atoms with van der Waals surface area (Å²) in [5.74, 6) is -1.92. The first-order valence-corrected chi connectivity index (χ1v) is 13.7. The van der Waals surface area contributed by atoms with Gasteiger partial charge < -0.3 is 24.6 Å². The minimum atomic E-state index is -1.12. The molecule has 3 N–H and O–H groups in total. The predicted octanol–water partition coefficient (Wildman–Crippen LogP) is 4.77. The van der Waals surface area contributed by atoms with E-state index in [1.54, 1.807) is 31.4 Å². The topological polar surface area (TPSA) is 139 Å². The molecular weight excluding hydrogens is 536 g/mol. The normalized spacial score (nSPS) is 11.8. The maximum atomic E-state index is 12.8. The van der Waals surface area contributed by atoms with E-state index in [0.29, 0.717) is 28.5 Å². The van der Waals surface area contributed by atoms with Crippen LogP contribution in [0.2, 0.25) is 0 Å². The Morgan fingerprint density at radius 3 is 2.33 bits per heavy atom. The van der Waals surface area contributed by atoms with Gasteiger partial charge >= 0.3 is 11.6 Å². The maximum absolute atomic E-state index is 12.8. The van der Waals surface area contributed by atoms with Crippen molar-refractivity contribution in [2.24, 2.45) is 0 Å². The van der Waals surface area contributed by atoms with E-state index in [0.717, 1.165) is 22.1 Å². The molecule has 5 rings (SSSR count). The van der Waals surface area contributed by atoms with Gasteiger partial charge in [-0.2, -0.15) is 0 Å². The largest absolute Gasteiger partial charge is 0.480 e. The van der Waals surface area contributed by atoms with Crippen LogP contribution in [0.3, 0.4) is 0 Å². The second-order valence-electron chi connectivity index (χ2n) is 10.1. The Morgan fingerprint density at radius 2 is 1.62 bits per heavy atom. The first-order valence-electron chi connectivity index (χ1n) is 13.7. The van der Waals surface area contributed by atoms with Crippen molar-refractivity contribution < 1.29 is 28.3 Å². The first-order chi connectivity index (χ1) is 20.3. The molecule has 3 aromatic carbocycles. The van der Waals surface area contributed by atoms with Gasteiger partial charge in [0, 0.05) is 41.8 Å². The molecule has 1 atom stereocenters. The number of carboxylic acids is 1. The van der Waals surface area contributed by atoms with Gasteiger partial charge in [-0.25, -0.2) is 9.59 Å². The third-order valence-corrected chi connectivity index (χ3v) is 7.22. The van der Waals surface area contributed by atoms with E-state index >= 15 is 0 Å². The van der Waals surface area contributed by atoms with Crippen molar-refractivity contribution in [1.82, 2.24) is 10.6 Å². The lowest BCUT2D eigenvalue weighted by molar-refractivity contribution is -0.141. The van der Waals surface area contributed by atoms with E-state index in [2.05, 4.69) is 10.6 Å². The molecule has 2 amide bonds. The van der Waals surface area contributed by atoms with Crippen molar-refractivity contribution in [1.29, 1.82) is 0 Å². The van der Waals surface area contributed by atoms with Crippen LogP contribution in [0, 0.1) is 6.92 Å². The van der Waals surface area contributed by atoms with E-state index in [4.69, 9.17) is 8.83 Å². The summed E-state index contributed by atoms with van der Waals surface area (Å²) in [5.41, 5.74) is 3.99. The maximum Gasteiger partial charge on any atom is 0.340 e. The fourth-order valence-electron chi connectivity index (χ4n) is 4.97. The minimum absolute atomic E-state index is 0.0421. The number of carbonyl (C=O) groups is 3. The number of carboxylic acid groups (broad SMARTS) is 1. The van der Waals surface area contributed by atoms with Crippen molar-refractivity contribution in [3.63, 3.8) is 0 Å². The number of benzene rings is 3. The number of aliphatic carboxylic acids is 1. The summed E-state index contributed by atoms with van der Waals surface area (Å²) in [5, 5.41) is 16.3. The molecule has 0 saturated carbocycles. The average Bonchev–Trinajstić information content (AvgIpc) is 3.40. The number of hydrogen-bond donors (Lipinski definition) is 3. The molecule has 0 fully saturated rings. The van der Waals surface area contributed by atoms with Gasteiger partial charge in [0.25, 0.3) is 0 Å². The zero-order chi connectivity index (χ0) is 29.6. The van der Waals surface area contributed by atoms with Gasteiger partial charge in [0.2, 0.25) is 11.8 Å². The Kier molecular flexibility index (Phi) is 8.47. The van der Waals surface area contributed by atoms with Crippen LogP contribution in [0.5, 0.6) is 0 Å². The quantitative estimate of drug-likeness (QED) is 0.155. The standard InChI is InChI=1S/C33H30N2O7/c1-20-23-16-25-26(22-11-6-3-7-12-22)19-41-28(25)18-29(23)42-33(40)24(20)17-31(37)34-14-8-13-30(36)35-27(32(38)39)15-21-9-4-2-5-10-21/h2-7,9-12,16,18-19,27H,8,13-15,17H2,1H3,(H,34,37)(H,35,36)(H,38,39). The van der Waals surface area contributed by atoms with Crippen LogP contribution < -0.4 is 16.3 Å². The average molecular weight is 567 g/mol. The first kappa shape index (κ1) is 28.4. The van der Waals surface area contributed by atoms with E-state index in [-0.39, 0.29) is 37.3 Å². The zero-order valence-corrected chi connectivity index (χ0v) is 23.0. The highest BCUT2D eigenvalue weighted by molar-refractivity contribution is 6.02. The Hall–Kier alpha value is -5.18. The highest BCUT2D eigenvalue weighted by Gasteiger charge is 2.21. The summed E-state index contributed by atoms with van der Waals surface area (Å²) in [4.78, 5) is 49.4. The van der Waals surface area contributed by atoms with Crippen molar-refractivity contribution >= 4 is 39.7 Å². The molecule has 9 nitrogen and oxygen atoms in total. The number of fused-ring (bicyclic) bond motifs is 2. The minimum Gasteiger partial charge on any atom is -0.480 e. The Bertz CT molecular complexity index is 1810. The molecule has 2 aromatic heterocycles. The molecule has 0 saturated heterocycles. The Balaban J connectivity index is 1.20. The molecule has 2 heterocycles. The van der Waals surface area contributed by atoms with Crippen molar-refractivity contribution in [2.75, 3.05) is 6.54 Å². The van der Waals surface area contributed by atoms with Crippen LogP contribution in [0.4, 0.5) is 0 Å². The number of hydrogen-bond acceptors (Lipinski definition) is 6. The molecule has 0 aliphatic carbocycles. The van der Waals surface area contributed by atoms with E-state index in [9.17, 15) is 24.3 Å². The van der Waals surface area contributed by atoms with Crippen LogP contribution in [0.1, 0.15) is 29.5 Å². The van der Waals surface area contributed by atoms with Gasteiger partial charge in [0.05, 0.1) is 18.2 Å². The van der Waals surface area contributed by atoms with Gasteiger partial charge in [-0.1, -0.05) is 60.7 Å². The van der Waals surface area contributed by atoms with Gasteiger partial charge in [-0.05, 0) is 36.1 Å². The van der Waals surface area contributed by atoms with Crippen LogP contribution in [0.25, 0.3) is 33.1 Å².